The van der Waals surface area contributed by atoms with E-state index >= 15 is 0 Å². The number of carbonyl (C=O) groups excluding carboxylic acids is 1. The first kappa shape index (κ1) is 9.03. The van der Waals surface area contributed by atoms with Crippen LogP contribution in [0.5, 0.6) is 0 Å². The van der Waals surface area contributed by atoms with Gasteiger partial charge in [0.2, 0.25) is 5.91 Å². The minimum Gasteiger partial charge on any atom is -0.480 e. The third-order valence-corrected chi connectivity index (χ3v) is 2.14. The summed E-state index contributed by atoms with van der Waals surface area (Å²) in [5, 5.41) is 11.1. The number of nitrogens with one attached hydrogen (secondary N) is 1. The number of rotatable bonds is 3. The Morgan fingerprint density at radius 3 is 2.83 bits per heavy atom. The quantitative estimate of drug-likeness (QED) is 0.645. The van der Waals surface area contributed by atoms with Gasteiger partial charge in [-0.05, 0) is 12.8 Å². The molecule has 0 saturated carbocycles. The van der Waals surface area contributed by atoms with Gasteiger partial charge in [0.05, 0.1) is 0 Å². The predicted molar refractivity (Wildman–Crippen MR) is 42.6 cm³/mol. The van der Waals surface area contributed by atoms with Gasteiger partial charge in [0.15, 0.2) is 0 Å². The van der Waals surface area contributed by atoms with Crippen molar-refractivity contribution in [3.63, 3.8) is 0 Å². The van der Waals surface area contributed by atoms with E-state index in [0.29, 0.717) is 6.42 Å². The maximum absolute atomic E-state index is 11.1. The highest BCUT2D eigenvalue weighted by atomic mass is 16.4. The Morgan fingerprint density at radius 1 is 1.75 bits per heavy atom. The fraction of sp³-hybridized carbons (Fsp3) is 0.750. The maximum atomic E-state index is 11.1. The van der Waals surface area contributed by atoms with Gasteiger partial charge >= 0.3 is 5.97 Å². The van der Waals surface area contributed by atoms with Gasteiger partial charge < -0.3 is 10.4 Å². The summed E-state index contributed by atoms with van der Waals surface area (Å²) in [6.45, 7) is 1.99. The van der Waals surface area contributed by atoms with Crippen molar-refractivity contribution in [2.45, 2.75) is 32.2 Å². The molecule has 0 spiro atoms. The fourth-order valence-electron chi connectivity index (χ4n) is 1.50. The molecule has 2 atom stereocenters. The molecule has 0 aromatic heterocycles. The summed E-state index contributed by atoms with van der Waals surface area (Å²) in [4.78, 5) is 21.6. The van der Waals surface area contributed by atoms with Gasteiger partial charge in [-0.1, -0.05) is 13.3 Å². The monoisotopic (exact) mass is 171 g/mol. The van der Waals surface area contributed by atoms with Crippen LogP contribution in [0.3, 0.4) is 0 Å². The highest BCUT2D eigenvalue weighted by Gasteiger charge is 2.34. The molecule has 0 aromatic rings. The van der Waals surface area contributed by atoms with E-state index in [1.165, 1.54) is 0 Å². The predicted octanol–water partition coefficient (Wildman–Crippen LogP) is 0.376. The molecule has 12 heavy (non-hydrogen) atoms. The van der Waals surface area contributed by atoms with Crippen LogP contribution in [0.15, 0.2) is 0 Å². The lowest BCUT2D eigenvalue weighted by atomic mass is 10.00. The van der Waals surface area contributed by atoms with E-state index in [-0.39, 0.29) is 11.8 Å². The first-order valence-corrected chi connectivity index (χ1v) is 4.18. The van der Waals surface area contributed by atoms with Crippen LogP contribution in [-0.2, 0) is 9.59 Å². The molecule has 1 amide bonds. The van der Waals surface area contributed by atoms with E-state index in [1.54, 1.807) is 0 Å². The van der Waals surface area contributed by atoms with Gasteiger partial charge in [0.1, 0.15) is 6.04 Å². The zero-order valence-corrected chi connectivity index (χ0v) is 7.04. The van der Waals surface area contributed by atoms with Crippen LogP contribution in [0.25, 0.3) is 0 Å². The Labute approximate surface area is 71.0 Å². The zero-order valence-electron chi connectivity index (χ0n) is 7.04. The van der Waals surface area contributed by atoms with Gasteiger partial charge in [-0.25, -0.2) is 4.79 Å². The molecule has 1 aliphatic heterocycles. The minimum absolute atomic E-state index is 0.0869. The van der Waals surface area contributed by atoms with E-state index in [0.717, 1.165) is 12.8 Å². The maximum Gasteiger partial charge on any atom is 0.326 e. The molecule has 1 fully saturated rings. The molecular weight excluding hydrogens is 158 g/mol. The van der Waals surface area contributed by atoms with Crippen LogP contribution >= 0.6 is 0 Å². The van der Waals surface area contributed by atoms with Crippen molar-refractivity contribution in [2.75, 3.05) is 0 Å². The molecule has 0 radical (unpaired) electrons. The van der Waals surface area contributed by atoms with Crippen molar-refractivity contribution < 1.29 is 14.7 Å². The lowest BCUT2D eigenvalue weighted by Gasteiger charge is -2.02. The van der Waals surface area contributed by atoms with Gasteiger partial charge in [-0.3, -0.25) is 4.79 Å². The SMILES string of the molecule is CCCC1CC(C(=O)O)NC1=O. The molecule has 1 aliphatic rings. The summed E-state index contributed by atoms with van der Waals surface area (Å²) in [6, 6.07) is -0.658. The molecule has 2 N–H and O–H groups in total. The second-order valence-corrected chi connectivity index (χ2v) is 3.12. The Hall–Kier alpha value is -1.06. The van der Waals surface area contributed by atoms with E-state index in [9.17, 15) is 9.59 Å². The smallest absolute Gasteiger partial charge is 0.326 e. The van der Waals surface area contributed by atoms with Crippen molar-refractivity contribution in [1.29, 1.82) is 0 Å². The van der Waals surface area contributed by atoms with Gasteiger partial charge in [0, 0.05) is 5.92 Å². The first-order chi connectivity index (χ1) is 5.65. The van der Waals surface area contributed by atoms with E-state index in [4.69, 9.17) is 5.11 Å². The van der Waals surface area contributed by atoms with Crippen LogP contribution in [0.1, 0.15) is 26.2 Å². The van der Waals surface area contributed by atoms with Gasteiger partial charge in [0.25, 0.3) is 0 Å². The summed E-state index contributed by atoms with van der Waals surface area (Å²) in [5.41, 5.74) is 0. The van der Waals surface area contributed by atoms with E-state index in [2.05, 4.69) is 5.32 Å². The summed E-state index contributed by atoms with van der Waals surface area (Å²) in [7, 11) is 0. The van der Waals surface area contributed by atoms with Crippen LogP contribution in [0.4, 0.5) is 0 Å². The van der Waals surface area contributed by atoms with Crippen molar-refractivity contribution >= 4 is 11.9 Å². The number of hydrogen-bond acceptors (Lipinski definition) is 2. The van der Waals surface area contributed by atoms with Crippen molar-refractivity contribution in [3.8, 4) is 0 Å². The average Bonchev–Trinajstić information content (AvgIpc) is 2.34. The number of carboxylic acids is 1. The van der Waals surface area contributed by atoms with Crippen LogP contribution < -0.4 is 5.32 Å². The highest BCUT2D eigenvalue weighted by Crippen LogP contribution is 2.20. The molecular formula is C8H13NO3. The second kappa shape index (κ2) is 3.56. The number of carbonyl (C=O) groups is 2. The standard InChI is InChI=1S/C8H13NO3/c1-2-3-5-4-6(8(11)12)9-7(5)10/h5-6H,2-4H2,1H3,(H,9,10)(H,11,12). The van der Waals surface area contributed by atoms with Gasteiger partial charge in [-0.15, -0.1) is 0 Å². The molecule has 1 saturated heterocycles. The molecule has 0 aromatic carbocycles. The topological polar surface area (TPSA) is 66.4 Å². The average molecular weight is 171 g/mol. The Morgan fingerprint density at radius 2 is 2.42 bits per heavy atom. The van der Waals surface area contributed by atoms with E-state index in [1.807, 2.05) is 6.92 Å². The molecule has 4 nitrogen and oxygen atoms in total. The van der Waals surface area contributed by atoms with Crippen LogP contribution in [0, 0.1) is 5.92 Å². The third-order valence-electron chi connectivity index (χ3n) is 2.14. The van der Waals surface area contributed by atoms with Crippen molar-refractivity contribution in [1.82, 2.24) is 5.32 Å². The number of aliphatic carboxylic acids is 1. The largest absolute Gasteiger partial charge is 0.480 e. The fourth-order valence-corrected chi connectivity index (χ4v) is 1.50. The molecule has 4 heteroatoms. The Balaban J connectivity index is 2.50. The Bertz CT molecular complexity index is 202. The van der Waals surface area contributed by atoms with Crippen LogP contribution in [0.2, 0.25) is 0 Å². The second-order valence-electron chi connectivity index (χ2n) is 3.12. The summed E-state index contributed by atoms with van der Waals surface area (Å²) < 4.78 is 0. The number of hydrogen-bond donors (Lipinski definition) is 2. The van der Waals surface area contributed by atoms with Crippen molar-refractivity contribution in [3.05, 3.63) is 0 Å². The lowest BCUT2D eigenvalue weighted by molar-refractivity contribution is -0.140. The molecule has 0 bridgehead atoms. The normalized spacial score (nSPS) is 28.6. The molecule has 2 unspecified atom stereocenters. The first-order valence-electron chi connectivity index (χ1n) is 4.18. The molecule has 0 aliphatic carbocycles. The number of carboxylic acid groups (broad SMARTS) is 1. The zero-order chi connectivity index (χ0) is 9.14. The molecule has 68 valence electrons. The number of amides is 1. The third kappa shape index (κ3) is 1.75. The van der Waals surface area contributed by atoms with Crippen molar-refractivity contribution in [2.24, 2.45) is 5.92 Å². The minimum atomic E-state index is -0.929. The van der Waals surface area contributed by atoms with Gasteiger partial charge in [-0.2, -0.15) is 0 Å². The lowest BCUT2D eigenvalue weighted by Crippen LogP contribution is -2.32. The van der Waals surface area contributed by atoms with Crippen LogP contribution in [-0.4, -0.2) is 23.0 Å². The molecule has 1 heterocycles. The van der Waals surface area contributed by atoms with E-state index < -0.39 is 12.0 Å². The summed E-state index contributed by atoms with van der Waals surface area (Å²) >= 11 is 0. The summed E-state index contributed by atoms with van der Waals surface area (Å²) in [6.07, 6.45) is 2.15. The highest BCUT2D eigenvalue weighted by molar-refractivity contribution is 5.88. The molecule has 1 rings (SSSR count). The summed E-state index contributed by atoms with van der Waals surface area (Å²) in [5.74, 6) is -1.12. The Kier molecular flexibility index (Phi) is 2.68.